The standard InChI is InChI=1S/C10H12N6O3S/c1-13-9-8(11)16-19-10(15-9)14-6-2-4-7(5-3-6)20(12,17)18/h2-5H,1H3,(H2,11,16)(H2,12,17,18)(H,13,14,15). The lowest BCUT2D eigenvalue weighted by atomic mass is 10.3. The monoisotopic (exact) mass is 296 g/mol. The Morgan fingerprint density at radius 3 is 2.50 bits per heavy atom. The average molecular weight is 296 g/mol. The van der Waals surface area contributed by atoms with Gasteiger partial charge in [-0.15, -0.1) is 0 Å². The van der Waals surface area contributed by atoms with Crippen molar-refractivity contribution in [2.24, 2.45) is 10.1 Å². The lowest BCUT2D eigenvalue weighted by Gasteiger charge is -2.04. The number of rotatable bonds is 3. The first-order chi connectivity index (χ1) is 9.40. The maximum atomic E-state index is 11.1. The molecule has 0 aliphatic heterocycles. The number of primary sulfonamides is 1. The van der Waals surface area contributed by atoms with Gasteiger partial charge in [0.1, 0.15) is 0 Å². The number of nitrogens with zero attached hydrogens (tertiary/aromatic N) is 3. The summed E-state index contributed by atoms with van der Waals surface area (Å²) in [6, 6.07) is 5.80. The highest BCUT2D eigenvalue weighted by atomic mass is 32.2. The van der Waals surface area contributed by atoms with E-state index in [4.69, 9.17) is 15.4 Å². The summed E-state index contributed by atoms with van der Waals surface area (Å²) >= 11 is 0. The largest absolute Gasteiger partial charge is 0.378 e. The van der Waals surface area contributed by atoms with E-state index in [0.29, 0.717) is 5.69 Å². The van der Waals surface area contributed by atoms with Crippen LogP contribution in [0.3, 0.4) is 0 Å². The topological polar surface area (TPSA) is 149 Å². The van der Waals surface area contributed by atoms with Gasteiger partial charge in [0.05, 0.1) is 4.90 Å². The van der Waals surface area contributed by atoms with Crippen LogP contribution in [0.1, 0.15) is 0 Å². The second kappa shape index (κ2) is 5.27. The maximum absolute atomic E-state index is 11.1. The molecule has 0 bridgehead atoms. The first-order valence-corrected chi connectivity index (χ1v) is 6.91. The summed E-state index contributed by atoms with van der Waals surface area (Å²) in [6.45, 7) is 0. The van der Waals surface area contributed by atoms with Gasteiger partial charge in [0, 0.05) is 12.7 Å². The highest BCUT2D eigenvalue weighted by Crippen LogP contribution is 2.15. The van der Waals surface area contributed by atoms with Crippen molar-refractivity contribution >= 4 is 27.5 Å². The molecule has 1 heterocycles. The molecule has 2 aromatic rings. The molecule has 1 aromatic heterocycles. The van der Waals surface area contributed by atoms with Gasteiger partial charge in [-0.25, -0.2) is 13.6 Å². The predicted octanol–water partition coefficient (Wildman–Crippen LogP) is -0.427. The van der Waals surface area contributed by atoms with Crippen LogP contribution in [0.5, 0.6) is 0 Å². The van der Waals surface area contributed by atoms with E-state index < -0.39 is 10.0 Å². The van der Waals surface area contributed by atoms with Gasteiger partial charge in [0.2, 0.25) is 15.8 Å². The molecule has 0 saturated heterocycles. The Balaban J connectivity index is 2.27. The zero-order valence-electron chi connectivity index (χ0n) is 10.4. The fraction of sp³-hybridized carbons (Fsp3) is 0.100. The van der Waals surface area contributed by atoms with Crippen LogP contribution in [0, 0.1) is 0 Å². The first-order valence-electron chi connectivity index (χ1n) is 5.36. The predicted molar refractivity (Wildman–Crippen MR) is 71.3 cm³/mol. The summed E-state index contributed by atoms with van der Waals surface area (Å²) in [7, 11) is -2.20. The summed E-state index contributed by atoms with van der Waals surface area (Å²) in [5.74, 6) is 0.0719. The minimum absolute atomic E-state index is 0.00706. The van der Waals surface area contributed by atoms with Crippen molar-refractivity contribution in [2.75, 3.05) is 18.1 Å². The summed E-state index contributed by atoms with van der Waals surface area (Å²) in [5.41, 5.74) is 6.27. The molecular weight excluding hydrogens is 284 g/mol. The van der Waals surface area contributed by atoms with Gasteiger partial charge in [0.15, 0.2) is 5.49 Å². The Morgan fingerprint density at radius 1 is 1.30 bits per heavy atom. The smallest absolute Gasteiger partial charge is 0.326 e. The Kier molecular flexibility index (Phi) is 3.68. The number of sulfonamides is 1. The van der Waals surface area contributed by atoms with E-state index in [1.807, 2.05) is 0 Å². The van der Waals surface area contributed by atoms with Crippen molar-refractivity contribution in [1.82, 2.24) is 10.1 Å². The Morgan fingerprint density at radius 2 is 1.95 bits per heavy atom. The molecule has 0 unspecified atom stereocenters. The number of hydrogen-bond acceptors (Lipinski definition) is 8. The molecule has 0 aliphatic carbocycles. The fourth-order valence-corrected chi connectivity index (χ4v) is 1.89. The van der Waals surface area contributed by atoms with Crippen molar-refractivity contribution in [3.05, 3.63) is 29.8 Å². The van der Waals surface area contributed by atoms with Gasteiger partial charge in [0.25, 0.3) is 0 Å². The van der Waals surface area contributed by atoms with Crippen LogP contribution in [0.15, 0.2) is 38.7 Å². The molecule has 9 nitrogen and oxygen atoms in total. The maximum Gasteiger partial charge on any atom is 0.326 e. The molecule has 106 valence electrons. The lowest BCUT2D eigenvalue weighted by molar-refractivity contribution is 0.404. The molecule has 0 radical (unpaired) electrons. The van der Waals surface area contributed by atoms with Crippen LogP contribution in [0.4, 0.5) is 17.5 Å². The van der Waals surface area contributed by atoms with E-state index in [1.54, 1.807) is 0 Å². The highest BCUT2D eigenvalue weighted by molar-refractivity contribution is 7.89. The third-order valence-electron chi connectivity index (χ3n) is 2.31. The quantitative estimate of drug-likeness (QED) is 0.695. The molecular formula is C10H12N6O3S. The van der Waals surface area contributed by atoms with Crippen molar-refractivity contribution < 1.29 is 12.9 Å². The van der Waals surface area contributed by atoms with Gasteiger partial charge < -0.3 is 15.6 Å². The van der Waals surface area contributed by atoms with Crippen molar-refractivity contribution in [3.63, 3.8) is 0 Å². The molecule has 10 heteroatoms. The average Bonchev–Trinajstić information content (AvgIpc) is 2.40. The number of aromatic nitrogens is 2. The Hall–Kier alpha value is -2.46. The molecule has 5 N–H and O–H groups in total. The molecule has 0 atom stereocenters. The van der Waals surface area contributed by atoms with Gasteiger partial charge in [-0.05, 0) is 24.3 Å². The molecule has 20 heavy (non-hydrogen) atoms. The van der Waals surface area contributed by atoms with Crippen LogP contribution in [-0.4, -0.2) is 25.6 Å². The minimum atomic E-state index is -3.72. The first kappa shape index (κ1) is 14.0. The third kappa shape index (κ3) is 3.10. The van der Waals surface area contributed by atoms with Gasteiger partial charge >= 0.3 is 6.01 Å². The lowest BCUT2D eigenvalue weighted by Crippen LogP contribution is -2.16. The minimum Gasteiger partial charge on any atom is -0.378 e. The highest BCUT2D eigenvalue weighted by Gasteiger charge is 2.08. The van der Waals surface area contributed by atoms with Gasteiger partial charge in [-0.1, -0.05) is 5.16 Å². The van der Waals surface area contributed by atoms with E-state index in [1.165, 1.54) is 31.3 Å². The zero-order chi connectivity index (χ0) is 14.8. The van der Waals surface area contributed by atoms with Crippen LogP contribution >= 0.6 is 0 Å². The van der Waals surface area contributed by atoms with Gasteiger partial charge in [-0.2, -0.15) is 4.98 Å². The van der Waals surface area contributed by atoms with Crippen LogP contribution in [0.2, 0.25) is 0 Å². The van der Waals surface area contributed by atoms with Crippen molar-refractivity contribution in [3.8, 4) is 0 Å². The summed E-state index contributed by atoms with van der Waals surface area (Å²) in [5, 5.41) is 11.4. The molecule has 0 spiro atoms. The van der Waals surface area contributed by atoms with E-state index in [9.17, 15) is 8.42 Å². The van der Waals surface area contributed by atoms with E-state index in [0.717, 1.165) is 0 Å². The van der Waals surface area contributed by atoms with E-state index >= 15 is 0 Å². The number of hydrogen-bond donors (Lipinski definition) is 3. The second-order valence-electron chi connectivity index (χ2n) is 3.73. The Labute approximate surface area is 114 Å². The van der Waals surface area contributed by atoms with Crippen LogP contribution < -0.4 is 21.7 Å². The fourth-order valence-electron chi connectivity index (χ4n) is 1.37. The zero-order valence-corrected chi connectivity index (χ0v) is 11.3. The summed E-state index contributed by atoms with van der Waals surface area (Å²) < 4.78 is 27.1. The van der Waals surface area contributed by atoms with Crippen molar-refractivity contribution in [1.29, 1.82) is 0 Å². The van der Waals surface area contributed by atoms with E-state index in [-0.39, 0.29) is 22.2 Å². The molecule has 2 rings (SSSR count). The Bertz CT molecular complexity index is 781. The van der Waals surface area contributed by atoms with Crippen LogP contribution in [-0.2, 0) is 10.0 Å². The molecule has 0 aliphatic rings. The van der Waals surface area contributed by atoms with Crippen LogP contribution in [0.25, 0.3) is 0 Å². The third-order valence-corrected chi connectivity index (χ3v) is 3.24. The number of nitrogens with two attached hydrogens (primary N) is 2. The molecule has 0 fully saturated rings. The molecule has 0 amide bonds. The number of anilines is 3. The summed E-state index contributed by atoms with van der Waals surface area (Å²) in [6.07, 6.45) is 0. The second-order valence-corrected chi connectivity index (χ2v) is 5.29. The normalized spacial score (nSPS) is 12.4. The SMILES string of the molecule is CN=c1nc(Nc2ccc(S(N)(=O)=O)cc2)onc1N. The molecule has 1 aromatic carbocycles. The van der Waals surface area contributed by atoms with Gasteiger partial charge in [-0.3, -0.25) is 4.99 Å². The summed E-state index contributed by atoms with van der Waals surface area (Å²) in [4.78, 5) is 7.81. The van der Waals surface area contributed by atoms with Crippen molar-refractivity contribution in [2.45, 2.75) is 4.90 Å². The van der Waals surface area contributed by atoms with E-state index in [2.05, 4.69) is 20.4 Å². The number of benzene rings is 1. The number of nitrogen functional groups attached to an aromatic ring is 1. The molecule has 0 saturated carbocycles. The number of nitrogens with one attached hydrogen (secondary N) is 1.